The third kappa shape index (κ3) is 6.71. The summed E-state index contributed by atoms with van der Waals surface area (Å²) < 4.78 is 4.71. The lowest BCUT2D eigenvalue weighted by Crippen LogP contribution is -2.31. The summed E-state index contributed by atoms with van der Waals surface area (Å²) >= 11 is 0. The predicted molar refractivity (Wildman–Crippen MR) is 55.1 cm³/mol. The third-order valence-corrected chi connectivity index (χ3v) is 1.87. The van der Waals surface area contributed by atoms with E-state index in [1.165, 1.54) is 0 Å². The second kappa shape index (κ2) is 7.62. The molecule has 0 aliphatic heterocycles. The highest BCUT2D eigenvalue weighted by atomic mass is 16.5. The molecule has 4 heteroatoms. The van der Waals surface area contributed by atoms with Crippen LogP contribution in [-0.2, 0) is 4.74 Å². The van der Waals surface area contributed by atoms with Crippen molar-refractivity contribution in [1.82, 2.24) is 5.32 Å². The molecule has 0 spiro atoms. The number of hydrogen-bond donors (Lipinski definition) is 2. The predicted octanol–water partition coefficient (Wildman–Crippen LogP) is 1.39. The molecule has 0 saturated carbocycles. The van der Waals surface area contributed by atoms with Crippen LogP contribution in [0.1, 0.15) is 27.2 Å². The largest absolute Gasteiger partial charge is 0.450 e. The van der Waals surface area contributed by atoms with Gasteiger partial charge in [0.25, 0.3) is 0 Å². The first-order valence-corrected chi connectivity index (χ1v) is 5.11. The molecule has 0 aromatic rings. The molecular weight excluding hydrogens is 182 g/mol. The maximum Gasteiger partial charge on any atom is 0.407 e. The first kappa shape index (κ1) is 13.2. The van der Waals surface area contributed by atoms with Crippen LogP contribution < -0.4 is 5.32 Å². The van der Waals surface area contributed by atoms with Crippen LogP contribution in [-0.4, -0.2) is 31.0 Å². The van der Waals surface area contributed by atoms with Crippen LogP contribution in [0.2, 0.25) is 0 Å². The van der Waals surface area contributed by atoms with Crippen molar-refractivity contribution >= 4 is 6.09 Å². The van der Waals surface area contributed by atoms with Crippen molar-refractivity contribution < 1.29 is 14.6 Å². The number of carbonyl (C=O) groups is 1. The fourth-order valence-corrected chi connectivity index (χ4v) is 1.30. The normalized spacial score (nSPS) is 12.6. The lowest BCUT2D eigenvalue weighted by atomic mass is 9.98. The molecule has 84 valence electrons. The standard InChI is InChI=1S/C10H21NO3/c1-4-14-10(13)11-6-9(7-12)5-8(2)3/h8-9,12H,4-7H2,1-3H3,(H,11,13). The summed E-state index contributed by atoms with van der Waals surface area (Å²) in [5, 5.41) is 11.6. The SMILES string of the molecule is CCOC(=O)NCC(CO)CC(C)C. The molecule has 0 aliphatic rings. The molecule has 0 fully saturated rings. The maximum atomic E-state index is 10.9. The molecule has 0 radical (unpaired) electrons. The van der Waals surface area contributed by atoms with Crippen LogP contribution in [0.4, 0.5) is 4.79 Å². The van der Waals surface area contributed by atoms with Gasteiger partial charge < -0.3 is 15.2 Å². The van der Waals surface area contributed by atoms with Crippen molar-refractivity contribution in [3.63, 3.8) is 0 Å². The van der Waals surface area contributed by atoms with Crippen molar-refractivity contribution in [3.05, 3.63) is 0 Å². The third-order valence-electron chi connectivity index (χ3n) is 1.87. The lowest BCUT2D eigenvalue weighted by molar-refractivity contribution is 0.144. The van der Waals surface area contributed by atoms with Crippen molar-refractivity contribution in [2.75, 3.05) is 19.8 Å². The van der Waals surface area contributed by atoms with E-state index in [9.17, 15) is 4.79 Å². The second-order valence-electron chi connectivity index (χ2n) is 3.78. The van der Waals surface area contributed by atoms with E-state index in [2.05, 4.69) is 19.2 Å². The Morgan fingerprint density at radius 2 is 2.14 bits per heavy atom. The molecule has 1 unspecified atom stereocenters. The van der Waals surface area contributed by atoms with Crippen molar-refractivity contribution in [3.8, 4) is 0 Å². The van der Waals surface area contributed by atoms with Gasteiger partial charge in [-0.15, -0.1) is 0 Å². The van der Waals surface area contributed by atoms with Crippen LogP contribution in [0.3, 0.4) is 0 Å². The van der Waals surface area contributed by atoms with Gasteiger partial charge in [0.2, 0.25) is 0 Å². The minimum atomic E-state index is -0.408. The molecule has 1 atom stereocenters. The van der Waals surface area contributed by atoms with Gasteiger partial charge in [0.15, 0.2) is 0 Å². The summed E-state index contributed by atoms with van der Waals surface area (Å²) in [6.45, 7) is 6.90. The molecule has 0 rings (SSSR count). The van der Waals surface area contributed by atoms with E-state index in [-0.39, 0.29) is 12.5 Å². The average molecular weight is 203 g/mol. The van der Waals surface area contributed by atoms with Gasteiger partial charge in [-0.1, -0.05) is 13.8 Å². The summed E-state index contributed by atoms with van der Waals surface area (Å²) in [5.41, 5.74) is 0. The molecule has 1 amide bonds. The van der Waals surface area contributed by atoms with Crippen LogP contribution in [0.15, 0.2) is 0 Å². The number of nitrogens with one attached hydrogen (secondary N) is 1. The van der Waals surface area contributed by atoms with Gasteiger partial charge in [-0.05, 0) is 25.2 Å². The van der Waals surface area contributed by atoms with E-state index in [0.717, 1.165) is 6.42 Å². The molecule has 2 N–H and O–H groups in total. The number of rotatable bonds is 6. The molecule has 4 nitrogen and oxygen atoms in total. The van der Waals surface area contributed by atoms with Crippen molar-refractivity contribution in [2.45, 2.75) is 27.2 Å². The highest BCUT2D eigenvalue weighted by Crippen LogP contribution is 2.09. The van der Waals surface area contributed by atoms with E-state index in [4.69, 9.17) is 9.84 Å². The van der Waals surface area contributed by atoms with Crippen LogP contribution >= 0.6 is 0 Å². The summed E-state index contributed by atoms with van der Waals surface area (Å²) in [7, 11) is 0. The van der Waals surface area contributed by atoms with Crippen molar-refractivity contribution in [2.24, 2.45) is 11.8 Å². The minimum Gasteiger partial charge on any atom is -0.450 e. The number of hydrogen-bond acceptors (Lipinski definition) is 3. The summed E-state index contributed by atoms with van der Waals surface area (Å²) in [4.78, 5) is 10.9. The van der Waals surface area contributed by atoms with Crippen LogP contribution in [0.5, 0.6) is 0 Å². The van der Waals surface area contributed by atoms with E-state index in [1.807, 2.05) is 0 Å². The van der Waals surface area contributed by atoms with Gasteiger partial charge in [0.1, 0.15) is 0 Å². The molecule has 0 heterocycles. The van der Waals surface area contributed by atoms with Gasteiger partial charge in [-0.25, -0.2) is 4.79 Å². The van der Waals surface area contributed by atoms with E-state index >= 15 is 0 Å². The number of aliphatic hydroxyl groups excluding tert-OH is 1. The molecule has 0 aromatic heterocycles. The van der Waals surface area contributed by atoms with Crippen molar-refractivity contribution in [1.29, 1.82) is 0 Å². The quantitative estimate of drug-likeness (QED) is 0.685. The van der Waals surface area contributed by atoms with Gasteiger partial charge >= 0.3 is 6.09 Å². The molecule has 0 aromatic carbocycles. The monoisotopic (exact) mass is 203 g/mol. The van der Waals surface area contributed by atoms with Gasteiger partial charge in [0.05, 0.1) is 6.61 Å². The van der Waals surface area contributed by atoms with E-state index in [1.54, 1.807) is 6.92 Å². The Morgan fingerprint density at radius 1 is 1.50 bits per heavy atom. The van der Waals surface area contributed by atoms with Gasteiger partial charge in [-0.3, -0.25) is 0 Å². The Balaban J connectivity index is 3.66. The average Bonchev–Trinajstić information content (AvgIpc) is 2.12. The Morgan fingerprint density at radius 3 is 2.57 bits per heavy atom. The zero-order valence-electron chi connectivity index (χ0n) is 9.25. The first-order valence-electron chi connectivity index (χ1n) is 5.11. The highest BCUT2D eigenvalue weighted by Gasteiger charge is 2.11. The molecule has 14 heavy (non-hydrogen) atoms. The van der Waals surface area contributed by atoms with Crippen LogP contribution in [0.25, 0.3) is 0 Å². The number of amides is 1. The number of aliphatic hydroxyl groups is 1. The Kier molecular flexibility index (Phi) is 7.20. The van der Waals surface area contributed by atoms with Gasteiger partial charge in [0, 0.05) is 13.2 Å². The number of alkyl carbamates (subject to hydrolysis) is 1. The molecule has 0 saturated heterocycles. The number of ether oxygens (including phenoxy) is 1. The minimum absolute atomic E-state index is 0.102. The maximum absolute atomic E-state index is 10.9. The Labute approximate surface area is 85.6 Å². The topological polar surface area (TPSA) is 58.6 Å². The van der Waals surface area contributed by atoms with E-state index < -0.39 is 6.09 Å². The second-order valence-corrected chi connectivity index (χ2v) is 3.78. The summed E-state index contributed by atoms with van der Waals surface area (Å²) in [5.74, 6) is 0.649. The smallest absolute Gasteiger partial charge is 0.407 e. The zero-order valence-corrected chi connectivity index (χ0v) is 9.25. The Bertz CT molecular complexity index is 159. The molecular formula is C10H21NO3. The first-order chi connectivity index (χ1) is 6.60. The lowest BCUT2D eigenvalue weighted by Gasteiger charge is -2.16. The Hall–Kier alpha value is -0.770. The number of carbonyl (C=O) groups excluding carboxylic acids is 1. The fraction of sp³-hybridized carbons (Fsp3) is 0.900. The van der Waals surface area contributed by atoms with Crippen LogP contribution in [0, 0.1) is 11.8 Å². The highest BCUT2D eigenvalue weighted by molar-refractivity contribution is 5.66. The zero-order chi connectivity index (χ0) is 11.0. The fourth-order valence-electron chi connectivity index (χ4n) is 1.30. The molecule has 0 aliphatic carbocycles. The molecule has 0 bridgehead atoms. The van der Waals surface area contributed by atoms with Gasteiger partial charge in [-0.2, -0.15) is 0 Å². The van der Waals surface area contributed by atoms with E-state index in [0.29, 0.717) is 19.1 Å². The summed E-state index contributed by atoms with van der Waals surface area (Å²) in [6, 6.07) is 0. The summed E-state index contributed by atoms with van der Waals surface area (Å²) in [6.07, 6.45) is 0.498.